The topological polar surface area (TPSA) is 45.9 Å². The molecule has 3 heteroatoms. The molecule has 0 unspecified atom stereocenters. The maximum atomic E-state index is 8.82. The van der Waals surface area contributed by atoms with E-state index in [2.05, 4.69) is 18.0 Å². The molecule has 3 nitrogen and oxygen atoms in total. The number of nitrogens with zero attached hydrogens (tertiary/aromatic N) is 2. The van der Waals surface area contributed by atoms with Gasteiger partial charge < -0.3 is 4.74 Å². The zero-order valence-corrected chi connectivity index (χ0v) is 8.58. The van der Waals surface area contributed by atoms with E-state index in [1.165, 1.54) is 0 Å². The van der Waals surface area contributed by atoms with E-state index >= 15 is 0 Å². The summed E-state index contributed by atoms with van der Waals surface area (Å²) < 4.78 is 4.99. The maximum absolute atomic E-state index is 8.82. The molecule has 0 fully saturated rings. The lowest BCUT2D eigenvalue weighted by atomic mass is 10.1. The van der Waals surface area contributed by atoms with E-state index in [0.29, 0.717) is 12.2 Å². The van der Waals surface area contributed by atoms with Gasteiger partial charge in [0.25, 0.3) is 0 Å². The van der Waals surface area contributed by atoms with E-state index in [4.69, 9.17) is 10.00 Å². The zero-order chi connectivity index (χ0) is 10.4. The number of hydrogen-bond acceptors (Lipinski definition) is 3. The molecule has 0 spiro atoms. The van der Waals surface area contributed by atoms with Crippen LogP contribution in [0.4, 0.5) is 0 Å². The third-order valence-corrected chi connectivity index (χ3v) is 1.94. The molecule has 0 N–H and O–H groups in total. The molecule has 1 aromatic rings. The van der Waals surface area contributed by atoms with E-state index in [0.717, 1.165) is 24.2 Å². The molecule has 0 aliphatic carbocycles. The van der Waals surface area contributed by atoms with Crippen molar-refractivity contribution in [2.75, 3.05) is 7.11 Å². The summed E-state index contributed by atoms with van der Waals surface area (Å²) in [7, 11) is 1.61. The van der Waals surface area contributed by atoms with Gasteiger partial charge in [-0.05, 0) is 18.6 Å². The van der Waals surface area contributed by atoms with Crippen LogP contribution in [0.5, 0.6) is 0 Å². The summed E-state index contributed by atoms with van der Waals surface area (Å²) in [5.74, 6) is 0. The first-order chi connectivity index (χ1) is 6.81. The number of aromatic nitrogens is 1. The van der Waals surface area contributed by atoms with E-state index in [1.807, 2.05) is 12.1 Å². The van der Waals surface area contributed by atoms with Gasteiger partial charge >= 0.3 is 0 Å². The van der Waals surface area contributed by atoms with Gasteiger partial charge in [-0.3, -0.25) is 4.98 Å². The second kappa shape index (κ2) is 5.36. The molecule has 0 aliphatic heterocycles. The Kier molecular flexibility index (Phi) is 4.09. The highest BCUT2D eigenvalue weighted by atomic mass is 16.5. The fraction of sp³-hybridized carbons (Fsp3) is 0.455. The Morgan fingerprint density at radius 1 is 1.50 bits per heavy atom. The fourth-order valence-corrected chi connectivity index (χ4v) is 1.29. The number of aryl methyl sites for hydroxylation is 1. The first-order valence-electron chi connectivity index (χ1n) is 4.69. The molecule has 0 aromatic carbocycles. The molecule has 0 atom stereocenters. The average molecular weight is 190 g/mol. The number of nitriles is 1. The molecular formula is C11H14N2O. The van der Waals surface area contributed by atoms with Crippen LogP contribution >= 0.6 is 0 Å². The average Bonchev–Trinajstić information content (AvgIpc) is 2.19. The number of ether oxygens (including phenoxy) is 1. The quantitative estimate of drug-likeness (QED) is 0.730. The summed E-state index contributed by atoms with van der Waals surface area (Å²) in [5.41, 5.74) is 2.37. The van der Waals surface area contributed by atoms with Crippen LogP contribution in [0.25, 0.3) is 0 Å². The summed E-state index contributed by atoms with van der Waals surface area (Å²) in [6, 6.07) is 5.82. The SMILES string of the molecule is CCCc1ccc(C#N)c(COC)n1. The Labute approximate surface area is 84.3 Å². The summed E-state index contributed by atoms with van der Waals surface area (Å²) >= 11 is 0. The molecular weight excluding hydrogens is 176 g/mol. The van der Waals surface area contributed by atoms with E-state index in [1.54, 1.807) is 7.11 Å². The first kappa shape index (κ1) is 10.7. The number of hydrogen-bond donors (Lipinski definition) is 0. The highest BCUT2D eigenvalue weighted by molar-refractivity contribution is 5.33. The molecule has 0 saturated carbocycles. The van der Waals surface area contributed by atoms with Crippen molar-refractivity contribution in [1.29, 1.82) is 5.26 Å². The lowest BCUT2D eigenvalue weighted by molar-refractivity contribution is 0.181. The Hall–Kier alpha value is -1.40. The minimum absolute atomic E-state index is 0.403. The lowest BCUT2D eigenvalue weighted by Gasteiger charge is -2.04. The molecule has 1 rings (SSSR count). The maximum Gasteiger partial charge on any atom is 0.101 e. The van der Waals surface area contributed by atoms with E-state index < -0.39 is 0 Å². The number of methoxy groups -OCH3 is 1. The molecule has 0 bridgehead atoms. The Bertz CT molecular complexity index is 342. The standard InChI is InChI=1S/C11H14N2O/c1-3-4-10-6-5-9(7-12)11(13-10)8-14-2/h5-6H,3-4,8H2,1-2H3. The van der Waals surface area contributed by atoms with Gasteiger partial charge in [-0.25, -0.2) is 0 Å². The number of pyridine rings is 1. The van der Waals surface area contributed by atoms with Crippen molar-refractivity contribution in [1.82, 2.24) is 4.98 Å². The third-order valence-electron chi connectivity index (χ3n) is 1.94. The highest BCUT2D eigenvalue weighted by Gasteiger charge is 2.04. The Balaban J connectivity index is 2.96. The fourth-order valence-electron chi connectivity index (χ4n) is 1.29. The summed E-state index contributed by atoms with van der Waals surface area (Å²) in [5, 5.41) is 8.82. The van der Waals surface area contributed by atoms with E-state index in [9.17, 15) is 0 Å². The predicted octanol–water partition coefficient (Wildman–Crippen LogP) is 2.05. The smallest absolute Gasteiger partial charge is 0.101 e. The van der Waals surface area contributed by atoms with Gasteiger partial charge in [0.15, 0.2) is 0 Å². The largest absolute Gasteiger partial charge is 0.378 e. The Morgan fingerprint density at radius 3 is 2.86 bits per heavy atom. The van der Waals surface area contributed by atoms with Crippen LogP contribution in [-0.2, 0) is 17.8 Å². The summed E-state index contributed by atoms with van der Waals surface area (Å²) in [4.78, 5) is 4.38. The van der Waals surface area contributed by atoms with Crippen LogP contribution < -0.4 is 0 Å². The monoisotopic (exact) mass is 190 g/mol. The van der Waals surface area contributed by atoms with Crippen LogP contribution in [0, 0.1) is 11.3 Å². The second-order valence-electron chi connectivity index (χ2n) is 3.09. The first-order valence-corrected chi connectivity index (χ1v) is 4.69. The van der Waals surface area contributed by atoms with Gasteiger partial charge in [-0.15, -0.1) is 0 Å². The van der Waals surface area contributed by atoms with Gasteiger partial charge in [0.05, 0.1) is 17.9 Å². The van der Waals surface area contributed by atoms with Crippen molar-refractivity contribution in [2.24, 2.45) is 0 Å². The van der Waals surface area contributed by atoms with Gasteiger partial charge in [0, 0.05) is 12.8 Å². The summed E-state index contributed by atoms with van der Waals surface area (Å²) in [6.07, 6.45) is 2.01. The molecule has 0 radical (unpaired) electrons. The van der Waals surface area contributed by atoms with Gasteiger partial charge in [0.1, 0.15) is 6.07 Å². The predicted molar refractivity (Wildman–Crippen MR) is 53.7 cm³/mol. The third kappa shape index (κ3) is 2.54. The molecule has 0 amide bonds. The minimum atomic E-state index is 0.403. The molecule has 14 heavy (non-hydrogen) atoms. The van der Waals surface area contributed by atoms with E-state index in [-0.39, 0.29) is 0 Å². The van der Waals surface area contributed by atoms with Gasteiger partial charge in [-0.2, -0.15) is 5.26 Å². The van der Waals surface area contributed by atoms with Crippen molar-refractivity contribution < 1.29 is 4.74 Å². The normalized spacial score (nSPS) is 9.79. The van der Waals surface area contributed by atoms with Crippen LogP contribution in [0.1, 0.15) is 30.3 Å². The minimum Gasteiger partial charge on any atom is -0.378 e. The lowest BCUT2D eigenvalue weighted by Crippen LogP contribution is -2.00. The number of rotatable bonds is 4. The van der Waals surface area contributed by atoms with Crippen molar-refractivity contribution in [3.8, 4) is 6.07 Å². The molecule has 1 aromatic heterocycles. The molecule has 0 aliphatic rings. The van der Waals surface area contributed by atoms with Crippen LogP contribution in [-0.4, -0.2) is 12.1 Å². The van der Waals surface area contributed by atoms with Crippen molar-refractivity contribution >= 4 is 0 Å². The van der Waals surface area contributed by atoms with Crippen molar-refractivity contribution in [3.63, 3.8) is 0 Å². The Morgan fingerprint density at radius 2 is 2.29 bits per heavy atom. The molecule has 1 heterocycles. The van der Waals surface area contributed by atoms with Crippen LogP contribution in [0.2, 0.25) is 0 Å². The zero-order valence-electron chi connectivity index (χ0n) is 8.58. The van der Waals surface area contributed by atoms with Gasteiger partial charge in [0.2, 0.25) is 0 Å². The van der Waals surface area contributed by atoms with Crippen molar-refractivity contribution in [3.05, 3.63) is 29.1 Å². The molecule has 74 valence electrons. The highest BCUT2D eigenvalue weighted by Crippen LogP contribution is 2.09. The van der Waals surface area contributed by atoms with Crippen molar-refractivity contribution in [2.45, 2.75) is 26.4 Å². The van der Waals surface area contributed by atoms with Crippen LogP contribution in [0.15, 0.2) is 12.1 Å². The summed E-state index contributed by atoms with van der Waals surface area (Å²) in [6.45, 7) is 2.51. The van der Waals surface area contributed by atoms with Gasteiger partial charge in [-0.1, -0.05) is 13.3 Å². The second-order valence-corrected chi connectivity index (χ2v) is 3.09. The molecule has 0 saturated heterocycles. The van der Waals surface area contributed by atoms with Crippen LogP contribution in [0.3, 0.4) is 0 Å².